The fourth-order valence-corrected chi connectivity index (χ4v) is 6.16. The molecule has 16 nitrogen and oxygen atoms in total. The van der Waals surface area contributed by atoms with Crippen molar-refractivity contribution in [3.05, 3.63) is 89.8 Å². The van der Waals surface area contributed by atoms with Gasteiger partial charge in [-0.15, -0.1) is 0 Å². The molecular formula is C34H39N9O7. The fourth-order valence-electron chi connectivity index (χ4n) is 6.16. The fraction of sp³-hybridized carbons (Fsp3) is 0.412. The van der Waals surface area contributed by atoms with Gasteiger partial charge in [-0.2, -0.15) is 0 Å². The summed E-state index contributed by atoms with van der Waals surface area (Å²) in [7, 11) is 1.68. The van der Waals surface area contributed by atoms with Crippen molar-refractivity contribution < 1.29 is 32.8 Å². The van der Waals surface area contributed by atoms with Gasteiger partial charge in [0, 0.05) is 26.1 Å². The lowest BCUT2D eigenvalue weighted by Crippen LogP contribution is -2.48. The molecule has 0 radical (unpaired) electrons. The Labute approximate surface area is 287 Å². The molecule has 1 aromatic carbocycles. The number of hydrogen-bond acceptors (Lipinski definition) is 10. The van der Waals surface area contributed by atoms with Gasteiger partial charge in [0.1, 0.15) is 42.4 Å². The minimum Gasteiger partial charge on any atom is -0.446 e. The largest absolute Gasteiger partial charge is 0.446 e. The Morgan fingerprint density at radius 3 is 2.40 bits per heavy atom. The number of rotatable bonds is 6. The average Bonchev–Trinajstić information content (AvgIpc) is 3.90. The number of amides is 5. The molecule has 16 heteroatoms. The van der Waals surface area contributed by atoms with Gasteiger partial charge in [-0.05, 0) is 31.2 Å². The summed E-state index contributed by atoms with van der Waals surface area (Å²) in [5, 5.41) is 11.4. The molecule has 1 saturated heterocycles. The molecule has 0 aliphatic carbocycles. The molecular weight excluding hydrogens is 646 g/mol. The predicted molar refractivity (Wildman–Crippen MR) is 175 cm³/mol. The van der Waals surface area contributed by atoms with Gasteiger partial charge >= 0.3 is 0 Å². The van der Waals surface area contributed by atoms with Crippen LogP contribution in [0.4, 0.5) is 0 Å². The Bertz CT molecular complexity index is 1880. The second kappa shape index (κ2) is 14.4. The van der Waals surface area contributed by atoms with Gasteiger partial charge in [0.25, 0.3) is 17.7 Å². The van der Waals surface area contributed by atoms with Crippen LogP contribution in [0.2, 0.25) is 0 Å². The standard InChI is InChI=1S/C34H39N9O7/c1-18(2)10-22-28(44)36-19(3)32-41-25(16-49-32)34(48)43-14-21(37-31(47)27-13-35-17-42(27)4)12-26(43)30(46)39-23(11-20-8-6-5-7-9-20)33-40-24(15-50-33)29(45)38-22/h5-9,13,15-19,21-23,26H,10-12,14H2,1-4H3,(H,36,44)(H,37,47)(H,38,45)(H,39,46)/t19-,21+,22-,23+,26+/m1/s1. The molecule has 50 heavy (non-hydrogen) atoms. The highest BCUT2D eigenvalue weighted by Crippen LogP contribution is 2.26. The lowest BCUT2D eigenvalue weighted by molar-refractivity contribution is -0.126. The summed E-state index contributed by atoms with van der Waals surface area (Å²) in [6.07, 6.45) is 5.94. The van der Waals surface area contributed by atoms with Gasteiger partial charge in [0.2, 0.25) is 23.6 Å². The Morgan fingerprint density at radius 2 is 1.68 bits per heavy atom. The molecule has 0 unspecified atom stereocenters. The van der Waals surface area contributed by atoms with E-state index in [2.05, 4.69) is 36.2 Å². The molecule has 5 amide bonds. The van der Waals surface area contributed by atoms with E-state index in [0.29, 0.717) is 12.1 Å². The number of benzene rings is 1. The van der Waals surface area contributed by atoms with Crippen molar-refractivity contribution in [1.29, 1.82) is 0 Å². The number of fused-ring (bicyclic) bond motifs is 5. The highest BCUT2D eigenvalue weighted by atomic mass is 16.3. The summed E-state index contributed by atoms with van der Waals surface area (Å²) in [6.45, 7) is 5.48. The van der Waals surface area contributed by atoms with Crippen molar-refractivity contribution in [2.24, 2.45) is 13.0 Å². The topological polar surface area (TPSA) is 207 Å². The molecule has 4 N–H and O–H groups in total. The number of carbonyl (C=O) groups is 5. The van der Waals surface area contributed by atoms with E-state index in [0.717, 1.165) is 5.56 Å². The monoisotopic (exact) mass is 685 g/mol. The smallest absolute Gasteiger partial charge is 0.276 e. The average molecular weight is 686 g/mol. The van der Waals surface area contributed by atoms with E-state index in [-0.39, 0.29) is 48.5 Å². The molecule has 262 valence electrons. The third-order valence-corrected chi connectivity index (χ3v) is 8.70. The van der Waals surface area contributed by atoms with Crippen LogP contribution >= 0.6 is 0 Å². The molecule has 4 bridgehead atoms. The number of nitrogens with zero attached hydrogens (tertiary/aromatic N) is 5. The molecule has 3 aromatic heterocycles. The second-order valence-corrected chi connectivity index (χ2v) is 13.0. The van der Waals surface area contributed by atoms with Crippen molar-refractivity contribution in [3.63, 3.8) is 0 Å². The second-order valence-electron chi connectivity index (χ2n) is 13.0. The SMILES string of the molecule is CC(C)C[C@H]1NC(=O)c2coc(n2)[C@H](Cc2ccccc2)NC(=O)[C@@H]2C[C@H](NC(=O)c3cncn3C)CN2C(=O)c2coc(n2)[C@@H](C)NC1=O. The maximum absolute atomic E-state index is 14.2. The first kappa shape index (κ1) is 34.1. The first-order chi connectivity index (χ1) is 24.0. The highest BCUT2D eigenvalue weighted by Gasteiger charge is 2.43. The van der Waals surface area contributed by atoms with Crippen molar-refractivity contribution in [2.75, 3.05) is 6.54 Å². The molecule has 4 aromatic rings. The summed E-state index contributed by atoms with van der Waals surface area (Å²) in [6, 6.07) is 5.14. The van der Waals surface area contributed by atoms with Gasteiger partial charge in [-0.25, -0.2) is 15.0 Å². The number of oxazole rings is 2. The summed E-state index contributed by atoms with van der Waals surface area (Å²) in [5.41, 5.74) is 1.01. The first-order valence-electron chi connectivity index (χ1n) is 16.4. The van der Waals surface area contributed by atoms with Crippen LogP contribution in [-0.2, 0) is 23.1 Å². The van der Waals surface area contributed by atoms with Gasteiger partial charge in [0.15, 0.2) is 11.4 Å². The minimum atomic E-state index is -1.04. The third kappa shape index (κ3) is 7.43. The normalized spacial score (nSPS) is 23.1. The van der Waals surface area contributed by atoms with E-state index in [9.17, 15) is 24.0 Å². The molecule has 6 rings (SSSR count). The minimum absolute atomic E-state index is 0.00144. The molecule has 0 saturated carbocycles. The number of nitrogens with one attached hydrogen (secondary N) is 4. The zero-order valence-corrected chi connectivity index (χ0v) is 28.1. The Hall–Kier alpha value is -5.80. The number of carbonyl (C=O) groups excluding carboxylic acids is 5. The van der Waals surface area contributed by atoms with Crippen LogP contribution in [-0.4, -0.2) is 78.6 Å². The zero-order valence-electron chi connectivity index (χ0n) is 28.1. The number of hydrogen-bond donors (Lipinski definition) is 4. The maximum Gasteiger partial charge on any atom is 0.276 e. The van der Waals surface area contributed by atoms with E-state index in [1.165, 1.54) is 30.0 Å². The van der Waals surface area contributed by atoms with Crippen LogP contribution in [0.1, 0.15) is 94.5 Å². The van der Waals surface area contributed by atoms with Crippen LogP contribution in [0.5, 0.6) is 0 Å². The number of aryl methyl sites for hydroxylation is 1. The molecule has 5 heterocycles. The summed E-state index contributed by atoms with van der Waals surface area (Å²) in [4.78, 5) is 82.2. The Balaban J connectivity index is 1.36. The van der Waals surface area contributed by atoms with E-state index in [1.54, 1.807) is 18.5 Å². The Morgan fingerprint density at radius 1 is 0.960 bits per heavy atom. The first-order valence-corrected chi connectivity index (χ1v) is 16.4. The van der Waals surface area contributed by atoms with E-state index in [4.69, 9.17) is 8.83 Å². The molecule has 2 aliphatic rings. The third-order valence-electron chi connectivity index (χ3n) is 8.70. The molecule has 1 fully saturated rings. The molecule has 5 atom stereocenters. The molecule has 2 aliphatic heterocycles. The highest BCUT2D eigenvalue weighted by molar-refractivity contribution is 5.98. The van der Waals surface area contributed by atoms with Crippen LogP contribution < -0.4 is 21.3 Å². The predicted octanol–water partition coefficient (Wildman–Crippen LogP) is 1.84. The number of aromatic nitrogens is 4. The van der Waals surface area contributed by atoms with Crippen molar-refractivity contribution in [1.82, 2.24) is 45.7 Å². The Kier molecular flexibility index (Phi) is 9.79. The van der Waals surface area contributed by atoms with E-state index < -0.39 is 59.7 Å². The quantitative estimate of drug-likeness (QED) is 0.232. The van der Waals surface area contributed by atoms with Crippen LogP contribution in [0, 0.1) is 5.92 Å². The lowest BCUT2D eigenvalue weighted by atomic mass is 10.0. The van der Waals surface area contributed by atoms with Crippen LogP contribution in [0.3, 0.4) is 0 Å². The van der Waals surface area contributed by atoms with Gasteiger partial charge in [-0.3, -0.25) is 24.0 Å². The van der Waals surface area contributed by atoms with Gasteiger partial charge < -0.3 is 39.6 Å². The molecule has 0 spiro atoms. The van der Waals surface area contributed by atoms with Crippen LogP contribution in [0.25, 0.3) is 0 Å². The summed E-state index contributed by atoms with van der Waals surface area (Å²) in [5.74, 6) is -2.47. The van der Waals surface area contributed by atoms with Crippen molar-refractivity contribution >= 4 is 29.5 Å². The number of imidazole rings is 1. The lowest BCUT2D eigenvalue weighted by Gasteiger charge is -2.25. The summed E-state index contributed by atoms with van der Waals surface area (Å²) < 4.78 is 12.9. The van der Waals surface area contributed by atoms with E-state index >= 15 is 0 Å². The summed E-state index contributed by atoms with van der Waals surface area (Å²) >= 11 is 0. The van der Waals surface area contributed by atoms with Gasteiger partial charge in [0.05, 0.1) is 12.5 Å². The maximum atomic E-state index is 14.2. The van der Waals surface area contributed by atoms with Crippen molar-refractivity contribution in [3.8, 4) is 0 Å². The van der Waals surface area contributed by atoms with Gasteiger partial charge in [-0.1, -0.05) is 44.2 Å². The zero-order chi connectivity index (χ0) is 35.5. The van der Waals surface area contributed by atoms with Crippen molar-refractivity contribution in [2.45, 2.75) is 70.2 Å². The van der Waals surface area contributed by atoms with Crippen LogP contribution in [0.15, 0.2) is 64.2 Å². The van der Waals surface area contributed by atoms with E-state index in [1.807, 2.05) is 44.2 Å².